The summed E-state index contributed by atoms with van der Waals surface area (Å²) in [4.78, 5) is 21.8. The van der Waals surface area contributed by atoms with Crippen molar-refractivity contribution in [3.63, 3.8) is 0 Å². The van der Waals surface area contributed by atoms with Crippen molar-refractivity contribution in [2.24, 2.45) is 5.92 Å². The van der Waals surface area contributed by atoms with Gasteiger partial charge in [-0.3, -0.25) is 9.69 Å². The summed E-state index contributed by atoms with van der Waals surface area (Å²) >= 11 is 4.25. The van der Waals surface area contributed by atoms with E-state index < -0.39 is 11.6 Å². The standard InChI is InChI=1S/C15H13F2I2N3O/c16-10-4-3-8(7-11(10)17)6-9-2-1-5-22(14(9)23)15-20-12(18)13(19)21-15/h3-4,7,9H,1-2,5-6H2,(H,20,21). The van der Waals surface area contributed by atoms with Crippen LogP contribution in [0.25, 0.3) is 0 Å². The Morgan fingerprint density at radius 1 is 1.30 bits per heavy atom. The van der Waals surface area contributed by atoms with Gasteiger partial charge in [0.2, 0.25) is 11.9 Å². The van der Waals surface area contributed by atoms with Crippen molar-refractivity contribution in [3.8, 4) is 0 Å². The summed E-state index contributed by atoms with van der Waals surface area (Å²) in [5.74, 6) is -1.46. The van der Waals surface area contributed by atoms with Crippen molar-refractivity contribution in [3.05, 3.63) is 42.8 Å². The minimum Gasteiger partial charge on any atom is -0.318 e. The van der Waals surface area contributed by atoms with Gasteiger partial charge in [0.15, 0.2) is 11.6 Å². The van der Waals surface area contributed by atoms with Crippen molar-refractivity contribution >= 4 is 57.0 Å². The molecule has 122 valence electrons. The first-order valence-corrected chi connectivity index (χ1v) is 9.27. The maximum absolute atomic E-state index is 13.3. The number of nitrogens with zero attached hydrogens (tertiary/aromatic N) is 2. The van der Waals surface area contributed by atoms with E-state index in [0.717, 1.165) is 26.3 Å². The fourth-order valence-corrected chi connectivity index (χ4v) is 3.47. The Hall–Kier alpha value is -0.780. The molecule has 8 heteroatoms. The number of hydrogen-bond acceptors (Lipinski definition) is 2. The fraction of sp³-hybridized carbons (Fsp3) is 0.333. The molecular formula is C15H13F2I2N3O. The molecule has 1 atom stereocenters. The van der Waals surface area contributed by atoms with Crippen molar-refractivity contribution in [1.82, 2.24) is 9.97 Å². The number of benzene rings is 1. The van der Waals surface area contributed by atoms with E-state index in [2.05, 4.69) is 55.1 Å². The second-order valence-electron chi connectivity index (χ2n) is 5.45. The van der Waals surface area contributed by atoms with Gasteiger partial charge in [0.25, 0.3) is 0 Å². The van der Waals surface area contributed by atoms with Gasteiger partial charge >= 0.3 is 0 Å². The van der Waals surface area contributed by atoms with Crippen LogP contribution in [0, 0.1) is 25.0 Å². The lowest BCUT2D eigenvalue weighted by Gasteiger charge is -2.30. The van der Waals surface area contributed by atoms with Crippen LogP contribution < -0.4 is 4.90 Å². The number of aromatic nitrogens is 2. The topological polar surface area (TPSA) is 49.0 Å². The van der Waals surface area contributed by atoms with E-state index in [1.165, 1.54) is 12.1 Å². The molecule has 23 heavy (non-hydrogen) atoms. The van der Waals surface area contributed by atoms with Crippen LogP contribution in [-0.4, -0.2) is 22.4 Å². The van der Waals surface area contributed by atoms with E-state index in [0.29, 0.717) is 24.5 Å². The van der Waals surface area contributed by atoms with Gasteiger partial charge in [-0.2, -0.15) is 0 Å². The first-order chi connectivity index (χ1) is 11.0. The Morgan fingerprint density at radius 2 is 2.09 bits per heavy atom. The van der Waals surface area contributed by atoms with E-state index in [4.69, 9.17) is 0 Å². The summed E-state index contributed by atoms with van der Waals surface area (Å²) in [5, 5.41) is 0. The van der Waals surface area contributed by atoms with Gasteiger partial charge < -0.3 is 4.98 Å². The van der Waals surface area contributed by atoms with Crippen molar-refractivity contribution in [2.45, 2.75) is 19.3 Å². The number of imidazole rings is 1. The maximum Gasteiger partial charge on any atom is 0.232 e. The van der Waals surface area contributed by atoms with Crippen LogP contribution in [0.1, 0.15) is 18.4 Å². The lowest BCUT2D eigenvalue weighted by molar-refractivity contribution is -0.123. The second-order valence-corrected chi connectivity index (χ2v) is 7.55. The molecule has 1 aliphatic rings. The summed E-state index contributed by atoms with van der Waals surface area (Å²) in [6.45, 7) is 0.618. The molecule has 1 N–H and O–H groups in total. The number of carbonyl (C=O) groups excluding carboxylic acids is 1. The molecule has 1 aliphatic heterocycles. The zero-order valence-electron chi connectivity index (χ0n) is 12.0. The first-order valence-electron chi connectivity index (χ1n) is 7.12. The molecule has 1 aromatic heterocycles. The SMILES string of the molecule is O=C1C(Cc2ccc(F)c(F)c2)CCCN1c1nc(I)c(I)[nH]1. The monoisotopic (exact) mass is 543 g/mol. The molecule has 4 nitrogen and oxygen atoms in total. The van der Waals surface area contributed by atoms with Gasteiger partial charge in [-0.15, -0.1) is 0 Å². The molecule has 1 unspecified atom stereocenters. The van der Waals surface area contributed by atoms with Crippen LogP contribution in [0.15, 0.2) is 18.2 Å². The minimum atomic E-state index is -0.877. The van der Waals surface area contributed by atoms with E-state index in [-0.39, 0.29) is 11.8 Å². The summed E-state index contributed by atoms with van der Waals surface area (Å²) in [6.07, 6.45) is 2.00. The summed E-state index contributed by atoms with van der Waals surface area (Å²) in [6, 6.07) is 3.80. The molecule has 0 saturated carbocycles. The molecule has 3 rings (SSSR count). The zero-order valence-corrected chi connectivity index (χ0v) is 16.3. The number of aromatic amines is 1. The fourth-order valence-electron chi connectivity index (χ4n) is 2.75. The van der Waals surface area contributed by atoms with Crippen LogP contribution in [0.2, 0.25) is 0 Å². The average molecular weight is 543 g/mol. The van der Waals surface area contributed by atoms with Crippen molar-refractivity contribution in [1.29, 1.82) is 0 Å². The Bertz CT molecular complexity index is 731. The molecule has 2 aromatic rings. The highest BCUT2D eigenvalue weighted by Gasteiger charge is 2.31. The third-order valence-corrected chi connectivity index (χ3v) is 6.47. The van der Waals surface area contributed by atoms with E-state index in [9.17, 15) is 13.6 Å². The highest BCUT2D eigenvalue weighted by molar-refractivity contribution is 14.1. The highest BCUT2D eigenvalue weighted by Crippen LogP contribution is 2.27. The third-order valence-electron chi connectivity index (χ3n) is 3.88. The Morgan fingerprint density at radius 3 is 2.74 bits per heavy atom. The van der Waals surface area contributed by atoms with Gasteiger partial charge in [0, 0.05) is 12.5 Å². The molecule has 0 bridgehead atoms. The van der Waals surface area contributed by atoms with Gasteiger partial charge in [-0.1, -0.05) is 6.07 Å². The largest absolute Gasteiger partial charge is 0.318 e. The number of H-pyrrole nitrogens is 1. The Balaban J connectivity index is 1.78. The zero-order chi connectivity index (χ0) is 16.6. The van der Waals surface area contributed by atoms with Crippen molar-refractivity contribution < 1.29 is 13.6 Å². The van der Waals surface area contributed by atoms with Gasteiger partial charge in [0.1, 0.15) is 7.40 Å². The molecular weight excluding hydrogens is 530 g/mol. The maximum atomic E-state index is 13.3. The Kier molecular flexibility index (Phi) is 5.19. The van der Waals surface area contributed by atoms with Gasteiger partial charge in [0.05, 0.1) is 0 Å². The second kappa shape index (κ2) is 6.99. The van der Waals surface area contributed by atoms with E-state index in [1.807, 2.05) is 0 Å². The molecule has 1 aromatic carbocycles. The molecule has 2 heterocycles. The Labute approximate surface area is 159 Å². The minimum absolute atomic E-state index is 0.0254. The number of nitrogens with one attached hydrogen (secondary N) is 1. The van der Waals surface area contributed by atoms with Gasteiger partial charge in [-0.05, 0) is 82.1 Å². The first kappa shape index (κ1) is 17.1. The summed E-state index contributed by atoms with van der Waals surface area (Å²) in [5.41, 5.74) is 0.632. The van der Waals surface area contributed by atoms with E-state index in [1.54, 1.807) is 4.90 Å². The summed E-state index contributed by atoms with van der Waals surface area (Å²) in [7, 11) is 0. The number of piperidine rings is 1. The lowest BCUT2D eigenvalue weighted by atomic mass is 9.90. The number of halogens is 4. The predicted octanol–water partition coefficient (Wildman–Crippen LogP) is 3.88. The van der Waals surface area contributed by atoms with Gasteiger partial charge in [-0.25, -0.2) is 13.8 Å². The molecule has 0 radical (unpaired) electrons. The van der Waals surface area contributed by atoms with Crippen molar-refractivity contribution in [2.75, 3.05) is 11.4 Å². The summed E-state index contributed by atoms with van der Waals surface area (Å²) < 4.78 is 28.1. The van der Waals surface area contributed by atoms with Crippen LogP contribution >= 0.6 is 45.2 Å². The lowest BCUT2D eigenvalue weighted by Crippen LogP contribution is -2.42. The number of rotatable bonds is 3. The third kappa shape index (κ3) is 3.67. The molecule has 0 spiro atoms. The van der Waals surface area contributed by atoms with Crippen LogP contribution in [-0.2, 0) is 11.2 Å². The molecule has 1 fully saturated rings. The smallest absolute Gasteiger partial charge is 0.232 e. The molecule has 1 saturated heterocycles. The molecule has 1 amide bonds. The predicted molar refractivity (Wildman–Crippen MR) is 99.2 cm³/mol. The molecule has 0 aliphatic carbocycles. The van der Waals surface area contributed by atoms with Crippen LogP contribution in [0.5, 0.6) is 0 Å². The normalized spacial score (nSPS) is 18.5. The highest BCUT2D eigenvalue weighted by atomic mass is 127. The number of carbonyl (C=O) groups is 1. The number of hydrogen-bond donors (Lipinski definition) is 1. The van der Waals surface area contributed by atoms with Crippen LogP contribution in [0.4, 0.5) is 14.7 Å². The average Bonchev–Trinajstić information content (AvgIpc) is 2.84. The van der Waals surface area contributed by atoms with E-state index >= 15 is 0 Å². The van der Waals surface area contributed by atoms with Crippen LogP contribution in [0.3, 0.4) is 0 Å². The quantitative estimate of drug-likeness (QED) is 0.598. The number of anilines is 1. The number of amides is 1.